The minimum absolute atomic E-state index is 0.448. The average Bonchev–Trinajstić information content (AvgIpc) is 2.29. The summed E-state index contributed by atoms with van der Waals surface area (Å²) in [6, 6.07) is 14.4. The topological polar surface area (TPSA) is 21.3 Å². The predicted octanol–water partition coefficient (Wildman–Crippen LogP) is 3.76. The van der Waals surface area contributed by atoms with Gasteiger partial charge >= 0.3 is 0 Å². The SMILES string of the molecule is C=C(C)OCNc1cccc2ccccc12. The van der Waals surface area contributed by atoms with Gasteiger partial charge in [0.05, 0.1) is 5.76 Å². The zero-order valence-electron chi connectivity index (χ0n) is 9.36. The first kappa shape index (κ1) is 10.6. The summed E-state index contributed by atoms with van der Waals surface area (Å²) in [7, 11) is 0. The van der Waals surface area contributed by atoms with Gasteiger partial charge < -0.3 is 10.1 Å². The van der Waals surface area contributed by atoms with Gasteiger partial charge in [0.1, 0.15) is 0 Å². The molecule has 2 heteroatoms. The molecule has 1 N–H and O–H groups in total. The van der Waals surface area contributed by atoms with E-state index in [1.165, 1.54) is 10.8 Å². The molecule has 2 aromatic carbocycles. The van der Waals surface area contributed by atoms with Gasteiger partial charge in [-0.05, 0) is 18.4 Å². The van der Waals surface area contributed by atoms with Gasteiger partial charge in [-0.25, -0.2) is 0 Å². The maximum atomic E-state index is 5.29. The molecular formula is C14H15NO. The fraction of sp³-hybridized carbons (Fsp3) is 0.143. The van der Waals surface area contributed by atoms with E-state index in [4.69, 9.17) is 4.74 Å². The maximum Gasteiger partial charge on any atom is 0.158 e. The number of benzene rings is 2. The highest BCUT2D eigenvalue weighted by Gasteiger charge is 1.98. The first-order valence-corrected chi connectivity index (χ1v) is 5.27. The van der Waals surface area contributed by atoms with E-state index in [1.54, 1.807) is 0 Å². The van der Waals surface area contributed by atoms with E-state index in [0.29, 0.717) is 12.5 Å². The Labute approximate surface area is 95.5 Å². The summed E-state index contributed by atoms with van der Waals surface area (Å²) >= 11 is 0. The first-order chi connectivity index (χ1) is 7.77. The van der Waals surface area contributed by atoms with Crippen LogP contribution in [0.5, 0.6) is 0 Å². The quantitative estimate of drug-likeness (QED) is 0.616. The number of allylic oxidation sites excluding steroid dienone is 1. The van der Waals surface area contributed by atoms with Gasteiger partial charge in [-0.3, -0.25) is 0 Å². The van der Waals surface area contributed by atoms with Crippen LogP contribution in [0.1, 0.15) is 6.92 Å². The van der Waals surface area contributed by atoms with Crippen molar-refractivity contribution in [2.75, 3.05) is 12.0 Å². The molecule has 0 bridgehead atoms. The molecule has 0 atom stereocenters. The molecule has 0 aromatic heterocycles. The van der Waals surface area contributed by atoms with Crippen LogP contribution in [0, 0.1) is 0 Å². The van der Waals surface area contributed by atoms with Crippen molar-refractivity contribution in [2.45, 2.75) is 6.92 Å². The summed E-state index contributed by atoms with van der Waals surface area (Å²) in [6.45, 7) is 5.97. The van der Waals surface area contributed by atoms with Crippen LogP contribution in [-0.4, -0.2) is 6.73 Å². The molecule has 2 nitrogen and oxygen atoms in total. The molecule has 0 fully saturated rings. The lowest BCUT2D eigenvalue weighted by Gasteiger charge is -2.10. The lowest BCUT2D eigenvalue weighted by Crippen LogP contribution is -2.04. The van der Waals surface area contributed by atoms with Crippen LogP contribution in [0.25, 0.3) is 10.8 Å². The lowest BCUT2D eigenvalue weighted by molar-refractivity contribution is 0.239. The molecule has 2 rings (SSSR count). The summed E-state index contributed by atoms with van der Waals surface area (Å²) in [5.41, 5.74) is 1.08. The van der Waals surface area contributed by atoms with Crippen LogP contribution >= 0.6 is 0 Å². The highest BCUT2D eigenvalue weighted by Crippen LogP contribution is 2.22. The third-order valence-electron chi connectivity index (χ3n) is 2.37. The van der Waals surface area contributed by atoms with Gasteiger partial charge in [0, 0.05) is 11.1 Å². The second-order valence-electron chi connectivity index (χ2n) is 3.69. The lowest BCUT2D eigenvalue weighted by atomic mass is 10.1. The maximum absolute atomic E-state index is 5.29. The summed E-state index contributed by atoms with van der Waals surface area (Å²) < 4.78 is 5.29. The predicted molar refractivity (Wildman–Crippen MR) is 68.3 cm³/mol. The van der Waals surface area contributed by atoms with Crippen molar-refractivity contribution in [1.82, 2.24) is 0 Å². The van der Waals surface area contributed by atoms with Crippen LogP contribution in [0.15, 0.2) is 54.8 Å². The Bertz CT molecular complexity index is 500. The van der Waals surface area contributed by atoms with Gasteiger partial charge in [-0.2, -0.15) is 0 Å². The third kappa shape index (κ3) is 2.34. The standard InChI is InChI=1S/C14H15NO/c1-11(2)16-10-15-14-9-5-7-12-6-3-4-8-13(12)14/h3-9,15H,1,10H2,2H3. The van der Waals surface area contributed by atoms with Crippen LogP contribution in [-0.2, 0) is 4.74 Å². The van der Waals surface area contributed by atoms with E-state index in [9.17, 15) is 0 Å². The van der Waals surface area contributed by atoms with Crippen molar-refractivity contribution in [2.24, 2.45) is 0 Å². The molecule has 0 unspecified atom stereocenters. The molecule has 0 saturated carbocycles. The molecule has 0 spiro atoms. The summed E-state index contributed by atoms with van der Waals surface area (Å²) in [5, 5.41) is 5.66. The Kier molecular flexibility index (Phi) is 3.10. The van der Waals surface area contributed by atoms with Gasteiger partial charge in [0.25, 0.3) is 0 Å². The second-order valence-corrected chi connectivity index (χ2v) is 3.69. The van der Waals surface area contributed by atoms with E-state index in [2.05, 4.69) is 30.1 Å². The van der Waals surface area contributed by atoms with Crippen molar-refractivity contribution >= 4 is 16.5 Å². The summed E-state index contributed by atoms with van der Waals surface area (Å²) in [6.07, 6.45) is 0. The molecule has 0 amide bonds. The van der Waals surface area contributed by atoms with E-state index < -0.39 is 0 Å². The van der Waals surface area contributed by atoms with Gasteiger partial charge in [0.15, 0.2) is 6.73 Å². The van der Waals surface area contributed by atoms with Crippen molar-refractivity contribution in [3.05, 3.63) is 54.8 Å². The number of fused-ring (bicyclic) bond motifs is 1. The molecular weight excluding hydrogens is 198 g/mol. The minimum atomic E-state index is 0.448. The normalized spacial score (nSPS) is 10.1. The van der Waals surface area contributed by atoms with Crippen LogP contribution in [0.3, 0.4) is 0 Å². The Morgan fingerprint density at radius 3 is 2.75 bits per heavy atom. The third-order valence-corrected chi connectivity index (χ3v) is 2.37. The Morgan fingerprint density at radius 1 is 1.19 bits per heavy atom. The number of nitrogens with one attached hydrogen (secondary N) is 1. The van der Waals surface area contributed by atoms with Gasteiger partial charge in [-0.1, -0.05) is 43.0 Å². The van der Waals surface area contributed by atoms with E-state index in [0.717, 1.165) is 5.69 Å². The number of hydrogen-bond donors (Lipinski definition) is 1. The zero-order chi connectivity index (χ0) is 11.4. The molecule has 0 aliphatic carbocycles. The van der Waals surface area contributed by atoms with Crippen molar-refractivity contribution in [3.8, 4) is 0 Å². The highest BCUT2D eigenvalue weighted by molar-refractivity contribution is 5.93. The van der Waals surface area contributed by atoms with Crippen LogP contribution in [0.2, 0.25) is 0 Å². The number of anilines is 1. The van der Waals surface area contributed by atoms with Crippen molar-refractivity contribution in [3.63, 3.8) is 0 Å². The molecule has 0 heterocycles. The number of ether oxygens (including phenoxy) is 1. The highest BCUT2D eigenvalue weighted by atomic mass is 16.5. The Balaban J connectivity index is 2.20. The monoisotopic (exact) mass is 213 g/mol. The minimum Gasteiger partial charge on any atom is -0.479 e. The van der Waals surface area contributed by atoms with Crippen molar-refractivity contribution < 1.29 is 4.74 Å². The second kappa shape index (κ2) is 4.71. The average molecular weight is 213 g/mol. The smallest absolute Gasteiger partial charge is 0.158 e. The first-order valence-electron chi connectivity index (χ1n) is 5.27. The molecule has 16 heavy (non-hydrogen) atoms. The molecule has 0 saturated heterocycles. The molecule has 0 radical (unpaired) electrons. The summed E-state index contributed by atoms with van der Waals surface area (Å²) in [4.78, 5) is 0. The van der Waals surface area contributed by atoms with Crippen molar-refractivity contribution in [1.29, 1.82) is 0 Å². The molecule has 0 aliphatic heterocycles. The molecule has 0 aliphatic rings. The zero-order valence-corrected chi connectivity index (χ0v) is 9.36. The number of hydrogen-bond acceptors (Lipinski definition) is 2. The largest absolute Gasteiger partial charge is 0.479 e. The van der Waals surface area contributed by atoms with E-state index >= 15 is 0 Å². The fourth-order valence-corrected chi connectivity index (χ4v) is 1.62. The van der Waals surface area contributed by atoms with E-state index in [-0.39, 0.29) is 0 Å². The summed E-state index contributed by atoms with van der Waals surface area (Å²) in [5.74, 6) is 0.715. The van der Waals surface area contributed by atoms with Gasteiger partial charge in [0.2, 0.25) is 0 Å². The van der Waals surface area contributed by atoms with Crippen LogP contribution < -0.4 is 5.32 Å². The Hall–Kier alpha value is -1.96. The number of rotatable bonds is 4. The van der Waals surface area contributed by atoms with Gasteiger partial charge in [-0.15, -0.1) is 0 Å². The Morgan fingerprint density at radius 2 is 1.94 bits per heavy atom. The van der Waals surface area contributed by atoms with Crippen LogP contribution in [0.4, 0.5) is 5.69 Å². The molecule has 82 valence electrons. The fourth-order valence-electron chi connectivity index (χ4n) is 1.62. The molecule has 2 aromatic rings. The van der Waals surface area contributed by atoms with E-state index in [1.807, 2.05) is 31.2 Å².